The summed E-state index contributed by atoms with van der Waals surface area (Å²) in [5, 5.41) is 21.8. The van der Waals surface area contributed by atoms with Crippen LogP contribution in [0.15, 0.2) is 54.2 Å². The molecule has 0 saturated carbocycles. The molecular weight excluding hydrogens is 352 g/mol. The predicted molar refractivity (Wildman–Crippen MR) is 110 cm³/mol. The highest BCUT2D eigenvalue weighted by atomic mass is 16.3. The molecule has 1 fully saturated rings. The predicted octanol–water partition coefficient (Wildman–Crippen LogP) is 3.18. The van der Waals surface area contributed by atoms with Crippen molar-refractivity contribution in [3.05, 3.63) is 65.4 Å². The third-order valence-corrected chi connectivity index (χ3v) is 5.06. The van der Waals surface area contributed by atoms with Crippen molar-refractivity contribution in [3.8, 4) is 11.8 Å². The molecule has 144 valence electrons. The van der Waals surface area contributed by atoms with Crippen LogP contribution < -0.4 is 10.2 Å². The maximum atomic E-state index is 12.4. The molecule has 0 spiro atoms. The van der Waals surface area contributed by atoms with E-state index in [0.29, 0.717) is 0 Å². The number of hydrogen-bond acceptors (Lipinski definition) is 5. The number of nitrogens with one attached hydrogen (secondary N) is 1. The minimum Gasteiger partial charge on any atom is -0.506 e. The first-order chi connectivity index (χ1) is 13.5. The molecule has 2 aromatic rings. The summed E-state index contributed by atoms with van der Waals surface area (Å²) in [5.41, 5.74) is 4.09. The van der Waals surface area contributed by atoms with Crippen LogP contribution in [0.4, 0.5) is 11.4 Å². The van der Waals surface area contributed by atoms with Gasteiger partial charge < -0.3 is 20.2 Å². The maximum Gasteiger partial charge on any atom is 0.267 e. The van der Waals surface area contributed by atoms with Gasteiger partial charge in [-0.1, -0.05) is 24.3 Å². The molecule has 2 N–H and O–H groups in total. The van der Waals surface area contributed by atoms with Crippen molar-refractivity contribution in [1.82, 2.24) is 4.90 Å². The highest BCUT2D eigenvalue weighted by Gasteiger charge is 2.19. The molecule has 0 radical (unpaired) electrons. The van der Waals surface area contributed by atoms with Gasteiger partial charge in [0, 0.05) is 38.1 Å². The van der Waals surface area contributed by atoms with E-state index in [-0.39, 0.29) is 17.0 Å². The van der Waals surface area contributed by atoms with E-state index in [1.165, 1.54) is 22.9 Å². The lowest BCUT2D eigenvalue weighted by Gasteiger charge is -2.36. The first-order valence-corrected chi connectivity index (χ1v) is 9.26. The highest BCUT2D eigenvalue weighted by molar-refractivity contribution is 6.07. The Hall–Kier alpha value is -3.46. The number of amides is 1. The molecule has 0 aromatic heterocycles. The molecule has 0 unspecified atom stereocenters. The molecule has 0 bridgehead atoms. The fourth-order valence-corrected chi connectivity index (χ4v) is 3.26. The van der Waals surface area contributed by atoms with Gasteiger partial charge in [-0.25, -0.2) is 0 Å². The molecule has 1 heterocycles. The molecule has 0 atom stereocenters. The normalized spacial score (nSPS) is 14.5. The number of phenols is 1. The number of benzene rings is 2. The van der Waals surface area contributed by atoms with Gasteiger partial charge in [-0.15, -0.1) is 0 Å². The van der Waals surface area contributed by atoms with Crippen LogP contribution in [0.25, 0.3) is 0 Å². The van der Waals surface area contributed by atoms with Crippen molar-refractivity contribution < 1.29 is 9.90 Å². The van der Waals surface area contributed by atoms with Gasteiger partial charge in [0.25, 0.3) is 5.91 Å². The minimum absolute atomic E-state index is 0.0171. The fraction of sp³-hybridized carbons (Fsp3) is 0.273. The molecule has 0 aliphatic carbocycles. The second-order valence-electron chi connectivity index (χ2n) is 6.87. The van der Waals surface area contributed by atoms with Crippen LogP contribution in [0.3, 0.4) is 0 Å². The minimum atomic E-state index is -0.527. The Labute approximate surface area is 165 Å². The average Bonchev–Trinajstić information content (AvgIpc) is 2.70. The number of rotatable bonds is 4. The summed E-state index contributed by atoms with van der Waals surface area (Å²) >= 11 is 0. The van der Waals surface area contributed by atoms with E-state index < -0.39 is 5.91 Å². The Morgan fingerprint density at radius 3 is 2.50 bits per heavy atom. The van der Waals surface area contributed by atoms with E-state index in [4.69, 9.17) is 0 Å². The third-order valence-electron chi connectivity index (χ3n) is 5.06. The van der Waals surface area contributed by atoms with Gasteiger partial charge in [-0.3, -0.25) is 4.79 Å². The zero-order valence-corrected chi connectivity index (χ0v) is 16.1. The summed E-state index contributed by atoms with van der Waals surface area (Å²) < 4.78 is 0. The molecule has 6 heteroatoms. The van der Waals surface area contributed by atoms with E-state index in [9.17, 15) is 15.2 Å². The Balaban J connectivity index is 1.65. The number of hydrogen-bond donors (Lipinski definition) is 2. The van der Waals surface area contributed by atoms with Gasteiger partial charge in [0.1, 0.15) is 17.4 Å². The van der Waals surface area contributed by atoms with Gasteiger partial charge in [0.2, 0.25) is 0 Å². The van der Waals surface area contributed by atoms with Crippen molar-refractivity contribution in [2.24, 2.45) is 0 Å². The number of aromatic hydroxyl groups is 1. The third kappa shape index (κ3) is 4.26. The van der Waals surface area contributed by atoms with Crippen molar-refractivity contribution >= 4 is 17.3 Å². The molecular formula is C22H24N4O2. The smallest absolute Gasteiger partial charge is 0.267 e. The van der Waals surface area contributed by atoms with E-state index in [2.05, 4.69) is 42.3 Å². The molecule has 2 aromatic carbocycles. The summed E-state index contributed by atoms with van der Waals surface area (Å²) in [4.78, 5) is 16.7. The Bertz CT molecular complexity index is 938. The van der Waals surface area contributed by atoms with Gasteiger partial charge in [-0.2, -0.15) is 5.26 Å². The molecule has 1 amide bonds. The largest absolute Gasteiger partial charge is 0.506 e. The lowest BCUT2D eigenvalue weighted by atomic mass is 10.1. The molecule has 6 nitrogen and oxygen atoms in total. The monoisotopic (exact) mass is 376 g/mol. The number of carbonyl (C=O) groups excluding carboxylic acids is 1. The SMILES string of the molecule is Cc1cccc(N2CCN(/C=C(/C#N)C(=O)Nc3ccccc3O)CC2)c1C. The molecule has 1 saturated heterocycles. The van der Waals surface area contributed by atoms with E-state index >= 15 is 0 Å². The summed E-state index contributed by atoms with van der Waals surface area (Å²) in [6.45, 7) is 7.33. The number of carbonyl (C=O) groups is 1. The first kappa shape index (κ1) is 19.3. The Morgan fingerprint density at radius 1 is 1.11 bits per heavy atom. The summed E-state index contributed by atoms with van der Waals surface area (Å²) in [6, 6.07) is 14.7. The summed E-state index contributed by atoms with van der Waals surface area (Å²) in [7, 11) is 0. The number of anilines is 2. The van der Waals surface area contributed by atoms with Crippen molar-refractivity contribution in [2.45, 2.75) is 13.8 Å². The number of aryl methyl sites for hydroxylation is 1. The van der Waals surface area contributed by atoms with Gasteiger partial charge in [0.15, 0.2) is 0 Å². The van der Waals surface area contributed by atoms with Gasteiger partial charge in [-0.05, 0) is 43.2 Å². The fourth-order valence-electron chi connectivity index (χ4n) is 3.26. The second-order valence-corrected chi connectivity index (χ2v) is 6.87. The Kier molecular flexibility index (Phi) is 5.85. The van der Waals surface area contributed by atoms with Crippen molar-refractivity contribution in [1.29, 1.82) is 5.26 Å². The van der Waals surface area contributed by atoms with Crippen LogP contribution >= 0.6 is 0 Å². The molecule has 1 aliphatic rings. The molecule has 1 aliphatic heterocycles. The molecule has 28 heavy (non-hydrogen) atoms. The van der Waals surface area contributed by atoms with Crippen molar-refractivity contribution in [2.75, 3.05) is 36.4 Å². The van der Waals surface area contributed by atoms with E-state index in [1.54, 1.807) is 24.4 Å². The van der Waals surface area contributed by atoms with Crippen LogP contribution in [0, 0.1) is 25.2 Å². The topological polar surface area (TPSA) is 79.6 Å². The van der Waals surface area contributed by atoms with Crippen LogP contribution in [0.1, 0.15) is 11.1 Å². The number of nitrogens with zero attached hydrogens (tertiary/aromatic N) is 3. The second kappa shape index (κ2) is 8.49. The van der Waals surface area contributed by atoms with Crippen LogP contribution in [0.5, 0.6) is 5.75 Å². The highest BCUT2D eigenvalue weighted by Crippen LogP contribution is 2.24. The maximum absolute atomic E-state index is 12.4. The van der Waals surface area contributed by atoms with Crippen LogP contribution in [0.2, 0.25) is 0 Å². The average molecular weight is 376 g/mol. The lowest BCUT2D eigenvalue weighted by Crippen LogP contribution is -2.44. The standard InChI is InChI=1S/C22H24N4O2/c1-16-6-5-8-20(17(16)2)26-12-10-25(11-13-26)15-18(14-23)22(28)24-19-7-3-4-9-21(19)27/h3-9,15,27H,10-13H2,1-2H3,(H,24,28)/b18-15-. The van der Waals surface area contributed by atoms with Crippen LogP contribution in [-0.2, 0) is 4.79 Å². The number of para-hydroxylation sites is 2. The first-order valence-electron chi connectivity index (χ1n) is 9.26. The van der Waals surface area contributed by atoms with Gasteiger partial charge in [0.05, 0.1) is 5.69 Å². The number of piperazine rings is 1. The van der Waals surface area contributed by atoms with E-state index in [0.717, 1.165) is 26.2 Å². The summed E-state index contributed by atoms with van der Waals surface area (Å²) in [5.74, 6) is -0.559. The number of phenolic OH excluding ortho intramolecular Hbond substituents is 1. The zero-order valence-electron chi connectivity index (χ0n) is 16.1. The number of nitriles is 1. The zero-order chi connectivity index (χ0) is 20.1. The lowest BCUT2D eigenvalue weighted by molar-refractivity contribution is -0.112. The molecule has 3 rings (SSSR count). The van der Waals surface area contributed by atoms with Gasteiger partial charge >= 0.3 is 0 Å². The van der Waals surface area contributed by atoms with Crippen molar-refractivity contribution in [3.63, 3.8) is 0 Å². The summed E-state index contributed by atoms with van der Waals surface area (Å²) in [6.07, 6.45) is 1.61. The quantitative estimate of drug-likeness (QED) is 0.487. The Morgan fingerprint density at radius 2 is 1.82 bits per heavy atom. The van der Waals surface area contributed by atoms with E-state index in [1.807, 2.05) is 11.0 Å². The van der Waals surface area contributed by atoms with Crippen LogP contribution in [-0.4, -0.2) is 42.1 Å².